The lowest BCUT2D eigenvalue weighted by Crippen LogP contribution is -2.49. The summed E-state index contributed by atoms with van der Waals surface area (Å²) in [5, 5.41) is 9.43. The highest BCUT2D eigenvalue weighted by Gasteiger charge is 2.42. The van der Waals surface area contributed by atoms with Crippen molar-refractivity contribution in [3.05, 3.63) is 0 Å². The highest BCUT2D eigenvalue weighted by molar-refractivity contribution is 5.82. The van der Waals surface area contributed by atoms with Crippen molar-refractivity contribution in [3.63, 3.8) is 0 Å². The predicted molar refractivity (Wildman–Crippen MR) is 69.8 cm³/mol. The van der Waals surface area contributed by atoms with E-state index in [2.05, 4.69) is 0 Å². The highest BCUT2D eigenvalue weighted by Crippen LogP contribution is 2.37. The topological polar surface area (TPSA) is 66.8 Å². The summed E-state index contributed by atoms with van der Waals surface area (Å²) in [6.07, 6.45) is 4.15. The molecule has 2 fully saturated rings. The van der Waals surface area contributed by atoms with E-state index < -0.39 is 11.4 Å². The van der Waals surface area contributed by atoms with Crippen molar-refractivity contribution in [3.8, 4) is 0 Å². The second-order valence-corrected chi connectivity index (χ2v) is 5.66. The van der Waals surface area contributed by atoms with E-state index in [-0.39, 0.29) is 12.0 Å². The van der Waals surface area contributed by atoms with E-state index in [0.29, 0.717) is 39.0 Å². The van der Waals surface area contributed by atoms with E-state index >= 15 is 0 Å². The van der Waals surface area contributed by atoms with Crippen LogP contribution in [0, 0.1) is 5.41 Å². The molecule has 0 aromatic rings. The Kier molecular flexibility index (Phi) is 4.45. The number of hydrogen-bond acceptors (Lipinski definition) is 3. The predicted octanol–water partition coefficient (Wildman–Crippen LogP) is 1.66. The Hall–Kier alpha value is -1.10. The van der Waals surface area contributed by atoms with Gasteiger partial charge in [-0.1, -0.05) is 13.3 Å². The van der Waals surface area contributed by atoms with Crippen LogP contribution in [0.5, 0.6) is 0 Å². The lowest BCUT2D eigenvalue weighted by Gasteiger charge is -2.39. The second kappa shape index (κ2) is 5.90. The van der Waals surface area contributed by atoms with Crippen molar-refractivity contribution in [1.29, 1.82) is 0 Å². The number of nitrogens with zero attached hydrogens (tertiary/aromatic N) is 1. The summed E-state index contributed by atoms with van der Waals surface area (Å²) in [7, 11) is 0. The average Bonchev–Trinajstić information content (AvgIpc) is 2.93. The lowest BCUT2D eigenvalue weighted by atomic mass is 9.75. The van der Waals surface area contributed by atoms with Crippen molar-refractivity contribution in [2.45, 2.75) is 51.6 Å². The molecular formula is C14H23NO4. The van der Waals surface area contributed by atoms with Crippen molar-refractivity contribution >= 4 is 11.9 Å². The van der Waals surface area contributed by atoms with Gasteiger partial charge in [0.15, 0.2) is 0 Å². The molecule has 5 nitrogen and oxygen atoms in total. The normalized spacial score (nSPS) is 26.4. The van der Waals surface area contributed by atoms with Crippen LogP contribution in [-0.4, -0.2) is 47.7 Å². The summed E-state index contributed by atoms with van der Waals surface area (Å²) in [5.74, 6) is -0.661. The average molecular weight is 269 g/mol. The fourth-order valence-corrected chi connectivity index (χ4v) is 3.18. The molecule has 0 aromatic carbocycles. The second-order valence-electron chi connectivity index (χ2n) is 5.66. The van der Waals surface area contributed by atoms with Gasteiger partial charge in [-0.2, -0.15) is 0 Å². The number of ether oxygens (including phenoxy) is 1. The van der Waals surface area contributed by atoms with Gasteiger partial charge in [0.25, 0.3) is 5.91 Å². The van der Waals surface area contributed by atoms with Crippen LogP contribution in [0.25, 0.3) is 0 Å². The minimum Gasteiger partial charge on any atom is -0.481 e. The summed E-state index contributed by atoms with van der Waals surface area (Å²) < 4.78 is 5.41. The maximum Gasteiger partial charge on any atom is 0.309 e. The molecule has 2 aliphatic rings. The van der Waals surface area contributed by atoms with Gasteiger partial charge in [-0.3, -0.25) is 9.59 Å². The largest absolute Gasteiger partial charge is 0.481 e. The molecule has 0 spiro atoms. The molecule has 1 N–H and O–H groups in total. The van der Waals surface area contributed by atoms with Crippen LogP contribution in [0.3, 0.4) is 0 Å². The van der Waals surface area contributed by atoms with Gasteiger partial charge in [0, 0.05) is 19.7 Å². The molecule has 1 atom stereocenters. The lowest BCUT2D eigenvalue weighted by molar-refractivity contribution is -0.156. The highest BCUT2D eigenvalue weighted by atomic mass is 16.5. The number of aliphatic carboxylic acids is 1. The molecule has 2 aliphatic heterocycles. The first-order valence-electron chi connectivity index (χ1n) is 7.23. The number of hydrogen-bond donors (Lipinski definition) is 1. The summed E-state index contributed by atoms with van der Waals surface area (Å²) in [5.41, 5.74) is -0.623. The Labute approximate surface area is 113 Å². The molecule has 108 valence electrons. The van der Waals surface area contributed by atoms with Crippen LogP contribution >= 0.6 is 0 Å². The fraction of sp³-hybridized carbons (Fsp3) is 0.857. The molecule has 1 amide bonds. The zero-order valence-electron chi connectivity index (χ0n) is 11.6. The zero-order chi connectivity index (χ0) is 13.9. The smallest absolute Gasteiger partial charge is 0.309 e. The van der Waals surface area contributed by atoms with Gasteiger partial charge in [0.1, 0.15) is 6.10 Å². The zero-order valence-corrected chi connectivity index (χ0v) is 11.6. The van der Waals surface area contributed by atoms with Crippen molar-refractivity contribution in [1.82, 2.24) is 4.90 Å². The van der Waals surface area contributed by atoms with E-state index in [1.54, 1.807) is 4.90 Å². The maximum atomic E-state index is 12.2. The number of carbonyl (C=O) groups is 2. The van der Waals surface area contributed by atoms with Crippen molar-refractivity contribution < 1.29 is 19.4 Å². The number of rotatable bonds is 4. The number of amides is 1. The number of carboxylic acid groups (broad SMARTS) is 1. The number of carbonyl (C=O) groups excluding carboxylic acids is 1. The first-order chi connectivity index (χ1) is 9.09. The number of piperidine rings is 1. The first-order valence-corrected chi connectivity index (χ1v) is 7.23. The van der Waals surface area contributed by atoms with Gasteiger partial charge in [-0.25, -0.2) is 0 Å². The van der Waals surface area contributed by atoms with Gasteiger partial charge in [-0.15, -0.1) is 0 Å². The van der Waals surface area contributed by atoms with Gasteiger partial charge in [-0.05, 0) is 32.1 Å². The third kappa shape index (κ3) is 2.91. The molecule has 2 rings (SSSR count). The van der Waals surface area contributed by atoms with E-state index in [1.807, 2.05) is 6.92 Å². The molecule has 2 saturated heterocycles. The summed E-state index contributed by atoms with van der Waals surface area (Å²) in [4.78, 5) is 25.4. The summed E-state index contributed by atoms with van der Waals surface area (Å²) in [6.45, 7) is 3.77. The van der Waals surface area contributed by atoms with Gasteiger partial charge < -0.3 is 14.7 Å². The Morgan fingerprint density at radius 1 is 1.37 bits per heavy atom. The van der Waals surface area contributed by atoms with E-state index in [9.17, 15) is 14.7 Å². The minimum atomic E-state index is -0.710. The molecule has 0 aliphatic carbocycles. The maximum absolute atomic E-state index is 12.2. The Bertz CT molecular complexity index is 341. The number of carboxylic acids is 1. The Morgan fingerprint density at radius 2 is 2.05 bits per heavy atom. The molecule has 0 unspecified atom stereocenters. The molecule has 0 bridgehead atoms. The van der Waals surface area contributed by atoms with E-state index in [0.717, 1.165) is 19.3 Å². The van der Waals surface area contributed by atoms with Crippen LogP contribution in [0.1, 0.15) is 45.4 Å². The third-order valence-electron chi connectivity index (χ3n) is 4.42. The van der Waals surface area contributed by atoms with Gasteiger partial charge in [0.2, 0.25) is 0 Å². The van der Waals surface area contributed by atoms with Crippen molar-refractivity contribution in [2.24, 2.45) is 5.41 Å². The van der Waals surface area contributed by atoms with Crippen LogP contribution in [0.15, 0.2) is 0 Å². The Balaban J connectivity index is 1.93. The SMILES string of the molecule is CCCC1(C(=O)O)CCN(C(=O)[C@H]2CCCO2)CC1. The third-order valence-corrected chi connectivity index (χ3v) is 4.42. The van der Waals surface area contributed by atoms with Crippen LogP contribution in [0.4, 0.5) is 0 Å². The first kappa shape index (κ1) is 14.3. The van der Waals surface area contributed by atoms with E-state index in [1.165, 1.54) is 0 Å². The molecule has 5 heteroatoms. The fourth-order valence-electron chi connectivity index (χ4n) is 3.18. The molecule has 0 radical (unpaired) electrons. The van der Waals surface area contributed by atoms with Gasteiger partial charge in [0.05, 0.1) is 5.41 Å². The van der Waals surface area contributed by atoms with Crippen molar-refractivity contribution in [2.75, 3.05) is 19.7 Å². The molecule has 0 aromatic heterocycles. The van der Waals surface area contributed by atoms with Crippen LogP contribution < -0.4 is 0 Å². The Morgan fingerprint density at radius 3 is 2.53 bits per heavy atom. The molecule has 0 saturated carbocycles. The standard InChI is InChI=1S/C14H23NO4/c1-2-5-14(13(17)18)6-8-15(9-7-14)12(16)11-4-3-10-19-11/h11H,2-10H2,1H3,(H,17,18)/t11-/m1/s1. The molecule has 19 heavy (non-hydrogen) atoms. The molecular weight excluding hydrogens is 246 g/mol. The van der Waals surface area contributed by atoms with E-state index in [4.69, 9.17) is 4.74 Å². The summed E-state index contributed by atoms with van der Waals surface area (Å²) >= 11 is 0. The van der Waals surface area contributed by atoms with Crippen LogP contribution in [0.2, 0.25) is 0 Å². The summed E-state index contributed by atoms with van der Waals surface area (Å²) in [6, 6.07) is 0. The monoisotopic (exact) mass is 269 g/mol. The van der Waals surface area contributed by atoms with Gasteiger partial charge >= 0.3 is 5.97 Å². The molecule has 2 heterocycles. The van der Waals surface area contributed by atoms with Crippen LogP contribution in [-0.2, 0) is 14.3 Å². The number of likely N-dealkylation sites (tertiary alicyclic amines) is 1. The minimum absolute atomic E-state index is 0.0491. The quantitative estimate of drug-likeness (QED) is 0.843.